The average Bonchev–Trinajstić information content (AvgIpc) is 2.62. The van der Waals surface area contributed by atoms with Gasteiger partial charge in [-0.25, -0.2) is 4.68 Å². The molecule has 2 rings (SSSR count). The van der Waals surface area contributed by atoms with E-state index < -0.39 is 0 Å². The van der Waals surface area contributed by atoms with Crippen LogP contribution in [0.15, 0.2) is 22.7 Å². The summed E-state index contributed by atoms with van der Waals surface area (Å²) in [7, 11) is 0. The zero-order valence-electron chi connectivity index (χ0n) is 7.68. The molecule has 0 aliphatic carbocycles. The van der Waals surface area contributed by atoms with Crippen LogP contribution in [0.4, 0.5) is 0 Å². The second kappa shape index (κ2) is 3.67. The van der Waals surface area contributed by atoms with E-state index >= 15 is 0 Å². The van der Waals surface area contributed by atoms with E-state index in [4.69, 9.17) is 5.11 Å². The van der Waals surface area contributed by atoms with Crippen molar-refractivity contribution in [2.45, 2.75) is 13.0 Å². The number of benzene rings is 1. The van der Waals surface area contributed by atoms with Crippen LogP contribution in [0.2, 0.25) is 0 Å². The number of aliphatic hydroxyl groups excluding tert-OH is 1. The number of nitrogens with zero attached hydrogens (tertiary/aromatic N) is 3. The zero-order valence-corrected chi connectivity index (χ0v) is 9.27. The van der Waals surface area contributed by atoms with Crippen molar-refractivity contribution in [1.82, 2.24) is 15.0 Å². The summed E-state index contributed by atoms with van der Waals surface area (Å²) in [6, 6.07) is 5.74. The first-order valence-corrected chi connectivity index (χ1v) is 5.13. The Balaban J connectivity index is 2.63. The van der Waals surface area contributed by atoms with Crippen LogP contribution in [0, 0.1) is 0 Å². The lowest BCUT2D eigenvalue weighted by Crippen LogP contribution is -2.10. The first-order chi connectivity index (χ1) is 6.74. The van der Waals surface area contributed by atoms with Crippen LogP contribution < -0.4 is 0 Å². The largest absolute Gasteiger partial charge is 0.394 e. The third kappa shape index (κ3) is 1.42. The third-order valence-corrected chi connectivity index (χ3v) is 2.78. The molecule has 0 amide bonds. The van der Waals surface area contributed by atoms with Crippen molar-refractivity contribution >= 4 is 27.0 Å². The van der Waals surface area contributed by atoms with Crippen LogP contribution in [0.1, 0.15) is 13.0 Å². The fraction of sp³-hybridized carbons (Fsp3) is 0.333. The highest BCUT2D eigenvalue weighted by Gasteiger charge is 2.11. The number of hydrogen-bond donors (Lipinski definition) is 1. The molecule has 4 nitrogen and oxygen atoms in total. The molecule has 1 aromatic carbocycles. The number of fused-ring (bicyclic) bond motifs is 1. The van der Waals surface area contributed by atoms with Crippen molar-refractivity contribution in [1.29, 1.82) is 0 Å². The van der Waals surface area contributed by atoms with Crippen LogP contribution in [-0.2, 0) is 0 Å². The summed E-state index contributed by atoms with van der Waals surface area (Å²) < 4.78 is 2.64. The SMILES string of the molecule is CC(CO)n1nnc2c(Br)cccc21. The maximum Gasteiger partial charge on any atom is 0.127 e. The van der Waals surface area contributed by atoms with Gasteiger partial charge in [0.2, 0.25) is 0 Å². The van der Waals surface area contributed by atoms with Gasteiger partial charge in [-0.15, -0.1) is 5.10 Å². The first-order valence-electron chi connectivity index (χ1n) is 4.34. The number of halogens is 1. The highest BCUT2D eigenvalue weighted by Crippen LogP contribution is 2.22. The van der Waals surface area contributed by atoms with Gasteiger partial charge in [0.15, 0.2) is 0 Å². The van der Waals surface area contributed by atoms with Gasteiger partial charge in [0.1, 0.15) is 5.52 Å². The van der Waals surface area contributed by atoms with Gasteiger partial charge in [-0.2, -0.15) is 0 Å². The van der Waals surface area contributed by atoms with Gasteiger partial charge in [0.25, 0.3) is 0 Å². The Morgan fingerprint density at radius 1 is 1.57 bits per heavy atom. The predicted octanol–water partition coefficient (Wildman–Crippen LogP) is 1.75. The summed E-state index contributed by atoms with van der Waals surface area (Å²) in [6.45, 7) is 1.96. The van der Waals surface area contributed by atoms with Gasteiger partial charge in [-0.3, -0.25) is 0 Å². The molecule has 74 valence electrons. The second-order valence-electron chi connectivity index (χ2n) is 3.17. The monoisotopic (exact) mass is 255 g/mol. The molecule has 0 radical (unpaired) electrons. The van der Waals surface area contributed by atoms with Crippen LogP contribution in [-0.4, -0.2) is 26.7 Å². The minimum Gasteiger partial charge on any atom is -0.394 e. The maximum absolute atomic E-state index is 9.04. The fourth-order valence-corrected chi connectivity index (χ4v) is 1.77. The molecule has 2 aromatic rings. The van der Waals surface area contributed by atoms with Gasteiger partial charge in [-0.05, 0) is 35.0 Å². The smallest absolute Gasteiger partial charge is 0.127 e. The lowest BCUT2D eigenvalue weighted by atomic mass is 10.3. The van der Waals surface area contributed by atoms with Gasteiger partial charge < -0.3 is 5.11 Å². The number of rotatable bonds is 2. The van der Waals surface area contributed by atoms with E-state index in [-0.39, 0.29) is 12.6 Å². The van der Waals surface area contributed by atoms with E-state index in [0.29, 0.717) is 0 Å². The molecule has 0 spiro atoms. The van der Waals surface area contributed by atoms with Crippen LogP contribution >= 0.6 is 15.9 Å². The molecule has 1 atom stereocenters. The lowest BCUT2D eigenvalue weighted by Gasteiger charge is -2.07. The van der Waals surface area contributed by atoms with Gasteiger partial charge in [0.05, 0.1) is 18.2 Å². The lowest BCUT2D eigenvalue weighted by molar-refractivity contribution is 0.231. The second-order valence-corrected chi connectivity index (χ2v) is 4.03. The Morgan fingerprint density at radius 2 is 2.36 bits per heavy atom. The number of aromatic nitrogens is 3. The third-order valence-electron chi connectivity index (χ3n) is 2.14. The molecule has 0 aliphatic heterocycles. The van der Waals surface area contributed by atoms with Crippen molar-refractivity contribution in [3.63, 3.8) is 0 Å². The molecule has 1 unspecified atom stereocenters. The summed E-state index contributed by atoms with van der Waals surface area (Å²) in [4.78, 5) is 0. The average molecular weight is 256 g/mol. The van der Waals surface area contributed by atoms with E-state index in [1.165, 1.54) is 0 Å². The fourth-order valence-electron chi connectivity index (χ4n) is 1.33. The molecular weight excluding hydrogens is 246 g/mol. The van der Waals surface area contributed by atoms with E-state index in [2.05, 4.69) is 26.2 Å². The summed E-state index contributed by atoms with van der Waals surface area (Å²) in [5.41, 5.74) is 1.76. The summed E-state index contributed by atoms with van der Waals surface area (Å²) >= 11 is 3.40. The molecule has 14 heavy (non-hydrogen) atoms. The Labute approximate surface area is 89.7 Å². The van der Waals surface area contributed by atoms with Gasteiger partial charge in [0, 0.05) is 4.47 Å². The van der Waals surface area contributed by atoms with Crippen molar-refractivity contribution in [3.8, 4) is 0 Å². The van der Waals surface area contributed by atoms with E-state index in [9.17, 15) is 0 Å². The highest BCUT2D eigenvalue weighted by molar-refractivity contribution is 9.10. The van der Waals surface area contributed by atoms with E-state index in [1.807, 2.05) is 25.1 Å². The van der Waals surface area contributed by atoms with E-state index in [1.54, 1.807) is 4.68 Å². The van der Waals surface area contributed by atoms with Crippen LogP contribution in [0.5, 0.6) is 0 Å². The van der Waals surface area contributed by atoms with Crippen LogP contribution in [0.25, 0.3) is 11.0 Å². The number of hydrogen-bond acceptors (Lipinski definition) is 3. The normalized spacial score (nSPS) is 13.4. The standard InChI is InChI=1S/C9H10BrN3O/c1-6(5-14)13-8-4-2-3-7(10)9(8)11-12-13/h2-4,6,14H,5H2,1H3. The van der Waals surface area contributed by atoms with Crippen molar-refractivity contribution in [2.75, 3.05) is 6.61 Å². The Hall–Kier alpha value is -0.940. The van der Waals surface area contributed by atoms with Crippen molar-refractivity contribution < 1.29 is 5.11 Å². The Morgan fingerprint density at radius 3 is 3.07 bits per heavy atom. The number of aliphatic hydroxyl groups is 1. The molecule has 1 heterocycles. The Kier molecular flexibility index (Phi) is 2.52. The molecule has 0 fully saturated rings. The molecule has 0 saturated carbocycles. The quantitative estimate of drug-likeness (QED) is 0.890. The minimum absolute atomic E-state index is 0.0469. The molecule has 0 bridgehead atoms. The molecule has 0 aliphatic rings. The maximum atomic E-state index is 9.04. The van der Waals surface area contributed by atoms with Crippen molar-refractivity contribution in [2.24, 2.45) is 0 Å². The zero-order chi connectivity index (χ0) is 10.1. The van der Waals surface area contributed by atoms with Crippen LogP contribution in [0.3, 0.4) is 0 Å². The first kappa shape index (κ1) is 9.61. The summed E-state index contributed by atoms with van der Waals surface area (Å²) in [5, 5.41) is 17.1. The van der Waals surface area contributed by atoms with Gasteiger partial charge in [-0.1, -0.05) is 11.3 Å². The van der Waals surface area contributed by atoms with Gasteiger partial charge >= 0.3 is 0 Å². The summed E-state index contributed by atoms with van der Waals surface area (Å²) in [5.74, 6) is 0. The van der Waals surface area contributed by atoms with E-state index in [0.717, 1.165) is 15.5 Å². The molecule has 0 saturated heterocycles. The topological polar surface area (TPSA) is 50.9 Å². The Bertz CT molecular complexity index is 454. The molecular formula is C9H10BrN3O. The minimum atomic E-state index is -0.0469. The van der Waals surface area contributed by atoms with Crippen molar-refractivity contribution in [3.05, 3.63) is 22.7 Å². The summed E-state index contributed by atoms with van der Waals surface area (Å²) in [6.07, 6.45) is 0. The molecule has 5 heteroatoms. The molecule has 1 N–H and O–H groups in total. The predicted molar refractivity (Wildman–Crippen MR) is 57.0 cm³/mol. The molecule has 1 aromatic heterocycles. The highest BCUT2D eigenvalue weighted by atomic mass is 79.9.